The number of aromatic nitrogens is 2. The van der Waals surface area contributed by atoms with Crippen LogP contribution < -0.4 is 0 Å². The van der Waals surface area contributed by atoms with Crippen molar-refractivity contribution in [3.63, 3.8) is 0 Å². The Kier molecular flexibility index (Phi) is 3.84. The fourth-order valence-electron chi connectivity index (χ4n) is 1.97. The number of carboxylic acid groups (broad SMARTS) is 1. The van der Waals surface area contributed by atoms with Crippen LogP contribution >= 0.6 is 11.5 Å². The maximum Gasteiger partial charge on any atom is 0.357 e. The normalized spacial score (nSPS) is 18.2. The molecule has 0 bridgehead atoms. The van der Waals surface area contributed by atoms with Crippen LogP contribution in [0.15, 0.2) is 0 Å². The molecule has 0 aliphatic carbocycles. The largest absolute Gasteiger partial charge is 0.476 e. The monoisotopic (exact) mass is 241 g/mol. The van der Waals surface area contributed by atoms with Gasteiger partial charge in [0.25, 0.3) is 0 Å². The Bertz CT molecular complexity index is 359. The van der Waals surface area contributed by atoms with Gasteiger partial charge in [-0.15, -0.1) is 5.10 Å². The molecule has 0 amide bonds. The minimum Gasteiger partial charge on any atom is -0.476 e. The molecular weight excluding hydrogens is 226 g/mol. The van der Waals surface area contributed by atoms with Crippen molar-refractivity contribution in [2.24, 2.45) is 0 Å². The van der Waals surface area contributed by atoms with Gasteiger partial charge in [-0.05, 0) is 37.5 Å². The first kappa shape index (κ1) is 11.5. The quantitative estimate of drug-likeness (QED) is 0.871. The van der Waals surface area contributed by atoms with Crippen LogP contribution in [0.2, 0.25) is 0 Å². The highest BCUT2D eigenvalue weighted by Gasteiger charge is 2.18. The highest BCUT2D eigenvalue weighted by Crippen LogP contribution is 2.17. The third kappa shape index (κ3) is 2.76. The van der Waals surface area contributed by atoms with E-state index in [2.05, 4.69) is 14.5 Å². The summed E-state index contributed by atoms with van der Waals surface area (Å²) in [7, 11) is 0. The molecule has 0 aromatic carbocycles. The highest BCUT2D eigenvalue weighted by atomic mass is 32.1. The van der Waals surface area contributed by atoms with Gasteiger partial charge < -0.3 is 5.11 Å². The number of carboxylic acids is 1. The van der Waals surface area contributed by atoms with Crippen LogP contribution in [-0.4, -0.2) is 38.7 Å². The van der Waals surface area contributed by atoms with Crippen molar-refractivity contribution in [2.45, 2.75) is 32.2 Å². The number of carbonyl (C=O) groups is 1. The number of hydrogen-bond acceptors (Lipinski definition) is 5. The van der Waals surface area contributed by atoms with E-state index in [9.17, 15) is 4.79 Å². The van der Waals surface area contributed by atoms with E-state index in [1.54, 1.807) is 0 Å². The van der Waals surface area contributed by atoms with Crippen LogP contribution in [0, 0.1) is 0 Å². The molecule has 5 nitrogen and oxygen atoms in total. The van der Waals surface area contributed by atoms with E-state index in [-0.39, 0.29) is 5.69 Å². The number of likely N-dealkylation sites (tertiary alicyclic amines) is 1. The summed E-state index contributed by atoms with van der Waals surface area (Å²) in [5.74, 6) is -0.974. The van der Waals surface area contributed by atoms with Crippen molar-refractivity contribution in [3.8, 4) is 0 Å². The van der Waals surface area contributed by atoms with Gasteiger partial charge in [0.2, 0.25) is 0 Å². The molecule has 2 heterocycles. The minimum atomic E-state index is -0.974. The minimum absolute atomic E-state index is 0.120. The molecule has 0 radical (unpaired) electrons. The lowest BCUT2D eigenvalue weighted by molar-refractivity contribution is 0.0688. The molecule has 0 saturated carbocycles. The van der Waals surface area contributed by atoms with E-state index in [0.29, 0.717) is 6.54 Å². The molecular formula is C10H15N3O2S. The Balaban J connectivity index is 2.01. The van der Waals surface area contributed by atoms with Crippen molar-refractivity contribution in [3.05, 3.63) is 10.6 Å². The van der Waals surface area contributed by atoms with E-state index in [1.165, 1.54) is 37.2 Å². The number of aromatic carboxylic acids is 1. The van der Waals surface area contributed by atoms with Gasteiger partial charge in [0.15, 0.2) is 5.69 Å². The van der Waals surface area contributed by atoms with Gasteiger partial charge in [-0.2, -0.15) is 0 Å². The summed E-state index contributed by atoms with van der Waals surface area (Å²) in [6.45, 7) is 2.78. The van der Waals surface area contributed by atoms with Gasteiger partial charge in [0, 0.05) is 6.54 Å². The molecule has 0 atom stereocenters. The lowest BCUT2D eigenvalue weighted by Gasteiger charge is -2.18. The molecule has 16 heavy (non-hydrogen) atoms. The van der Waals surface area contributed by atoms with Crippen LogP contribution in [0.1, 0.15) is 41.0 Å². The van der Waals surface area contributed by atoms with Crippen LogP contribution in [0.25, 0.3) is 0 Å². The van der Waals surface area contributed by atoms with Gasteiger partial charge in [0.1, 0.15) is 0 Å². The molecule has 1 aromatic rings. The summed E-state index contributed by atoms with van der Waals surface area (Å²) >= 11 is 1.19. The van der Waals surface area contributed by atoms with Crippen molar-refractivity contribution in [1.29, 1.82) is 0 Å². The number of hydrogen-bond donors (Lipinski definition) is 1. The van der Waals surface area contributed by atoms with Gasteiger partial charge in [0.05, 0.1) is 4.88 Å². The van der Waals surface area contributed by atoms with E-state index >= 15 is 0 Å². The third-order valence-electron chi connectivity index (χ3n) is 2.82. The van der Waals surface area contributed by atoms with Gasteiger partial charge in [-0.25, -0.2) is 4.79 Å². The molecule has 1 aromatic heterocycles. The van der Waals surface area contributed by atoms with Crippen LogP contribution in [-0.2, 0) is 6.54 Å². The average Bonchev–Trinajstić information content (AvgIpc) is 2.55. The number of nitrogens with zero attached hydrogens (tertiary/aromatic N) is 3. The predicted octanol–water partition coefficient (Wildman–Crippen LogP) is 1.61. The Morgan fingerprint density at radius 3 is 2.62 bits per heavy atom. The SMILES string of the molecule is O=C(O)c1nnsc1CN1CCCCCC1. The van der Waals surface area contributed by atoms with E-state index < -0.39 is 5.97 Å². The first-order chi connectivity index (χ1) is 7.77. The molecule has 1 aliphatic rings. The Hall–Kier alpha value is -1.01. The molecule has 6 heteroatoms. The molecule has 1 N–H and O–H groups in total. The zero-order valence-corrected chi connectivity index (χ0v) is 9.87. The topological polar surface area (TPSA) is 66.3 Å². The first-order valence-electron chi connectivity index (χ1n) is 5.54. The molecule has 1 saturated heterocycles. The molecule has 0 unspecified atom stereocenters. The second kappa shape index (κ2) is 5.36. The second-order valence-electron chi connectivity index (χ2n) is 4.04. The first-order valence-corrected chi connectivity index (χ1v) is 6.31. The summed E-state index contributed by atoms with van der Waals surface area (Å²) in [6.07, 6.45) is 4.97. The fourth-order valence-corrected chi connectivity index (χ4v) is 2.65. The predicted molar refractivity (Wildman–Crippen MR) is 60.6 cm³/mol. The van der Waals surface area contributed by atoms with Gasteiger partial charge in [-0.3, -0.25) is 4.90 Å². The molecule has 0 spiro atoms. The second-order valence-corrected chi connectivity index (χ2v) is 4.88. The molecule has 1 fully saturated rings. The summed E-state index contributed by atoms with van der Waals surface area (Å²) in [4.78, 5) is 14.0. The third-order valence-corrected chi connectivity index (χ3v) is 3.53. The van der Waals surface area contributed by atoms with Crippen molar-refractivity contribution >= 4 is 17.5 Å². The Labute approximate surface area is 98.2 Å². The molecule has 1 aliphatic heterocycles. The number of rotatable bonds is 3. The maximum atomic E-state index is 10.9. The smallest absolute Gasteiger partial charge is 0.357 e. The summed E-state index contributed by atoms with van der Waals surface area (Å²) in [5, 5.41) is 12.6. The summed E-state index contributed by atoms with van der Waals surface area (Å²) in [5.41, 5.74) is 0.120. The van der Waals surface area contributed by atoms with Crippen molar-refractivity contribution < 1.29 is 9.90 Å². The Morgan fingerprint density at radius 2 is 2.00 bits per heavy atom. The van der Waals surface area contributed by atoms with Crippen LogP contribution in [0.3, 0.4) is 0 Å². The zero-order chi connectivity index (χ0) is 11.4. The zero-order valence-electron chi connectivity index (χ0n) is 9.06. The van der Waals surface area contributed by atoms with E-state index in [4.69, 9.17) is 5.11 Å². The lowest BCUT2D eigenvalue weighted by Crippen LogP contribution is -2.24. The van der Waals surface area contributed by atoms with Gasteiger partial charge >= 0.3 is 5.97 Å². The standard InChI is InChI=1S/C10H15N3O2S/c14-10(15)9-8(16-12-11-9)7-13-5-3-1-2-4-6-13/h1-7H2,(H,14,15). The maximum absolute atomic E-state index is 10.9. The molecule has 88 valence electrons. The fraction of sp³-hybridized carbons (Fsp3) is 0.700. The lowest BCUT2D eigenvalue weighted by atomic mass is 10.2. The molecule has 2 rings (SSSR count). The van der Waals surface area contributed by atoms with E-state index in [0.717, 1.165) is 18.0 Å². The van der Waals surface area contributed by atoms with Crippen LogP contribution in [0.5, 0.6) is 0 Å². The van der Waals surface area contributed by atoms with Crippen molar-refractivity contribution in [1.82, 2.24) is 14.5 Å². The summed E-state index contributed by atoms with van der Waals surface area (Å²) in [6, 6.07) is 0. The van der Waals surface area contributed by atoms with Crippen LogP contribution in [0.4, 0.5) is 0 Å². The Morgan fingerprint density at radius 1 is 1.31 bits per heavy atom. The van der Waals surface area contributed by atoms with Crippen molar-refractivity contribution in [2.75, 3.05) is 13.1 Å². The summed E-state index contributed by atoms with van der Waals surface area (Å²) < 4.78 is 3.72. The average molecular weight is 241 g/mol. The van der Waals surface area contributed by atoms with Gasteiger partial charge in [-0.1, -0.05) is 17.3 Å². The van der Waals surface area contributed by atoms with E-state index in [1.807, 2.05) is 0 Å². The highest BCUT2D eigenvalue weighted by molar-refractivity contribution is 7.05.